The van der Waals surface area contributed by atoms with Gasteiger partial charge >= 0.3 is 0 Å². The number of nitrogens with zero attached hydrogens (tertiary/aromatic N) is 1. The first-order valence-electron chi connectivity index (χ1n) is 4.71. The molecule has 0 aliphatic carbocycles. The highest BCUT2D eigenvalue weighted by atomic mass is 79.9. The Morgan fingerprint density at radius 1 is 1.39 bits per heavy atom. The molecule has 0 saturated heterocycles. The average Bonchev–Trinajstić information content (AvgIpc) is 2.79. The van der Waals surface area contributed by atoms with Crippen molar-refractivity contribution in [3.63, 3.8) is 0 Å². The summed E-state index contributed by atoms with van der Waals surface area (Å²) in [6.45, 7) is 0. The number of carbonyl (C=O) groups is 1. The van der Waals surface area contributed by atoms with Gasteiger partial charge in [0.1, 0.15) is 11.6 Å². The van der Waals surface area contributed by atoms with Crippen molar-refractivity contribution in [2.75, 3.05) is 0 Å². The third-order valence-corrected chi connectivity index (χ3v) is 2.88. The molecule has 0 unspecified atom stereocenters. The number of rotatable bonds is 3. The number of nitro groups is 1. The van der Waals surface area contributed by atoms with E-state index in [2.05, 4.69) is 15.9 Å². The molecule has 0 fully saturated rings. The number of hydrogen-bond donors (Lipinski definition) is 0. The zero-order valence-corrected chi connectivity index (χ0v) is 10.3. The second-order valence-corrected chi connectivity index (χ2v) is 4.21. The summed E-state index contributed by atoms with van der Waals surface area (Å²) in [6.07, 6.45) is 0.488. The molecule has 2 rings (SSSR count). The minimum Gasteiger partial charge on any atom is -0.453 e. The van der Waals surface area contributed by atoms with Crippen LogP contribution in [0.1, 0.15) is 10.6 Å². The van der Waals surface area contributed by atoms with E-state index in [0.29, 0.717) is 6.29 Å². The van der Waals surface area contributed by atoms with E-state index in [-0.39, 0.29) is 27.2 Å². The van der Waals surface area contributed by atoms with E-state index >= 15 is 0 Å². The molecule has 1 aromatic carbocycles. The highest BCUT2D eigenvalue weighted by molar-refractivity contribution is 9.10. The molecule has 0 saturated carbocycles. The second-order valence-electron chi connectivity index (χ2n) is 3.36. The zero-order valence-electron chi connectivity index (χ0n) is 8.72. The first-order valence-corrected chi connectivity index (χ1v) is 5.51. The standard InChI is InChI=1S/C11H5BrFNO4/c12-8-3-7(9(13)4-10(8)14(16)17)11-2-1-6(5-15)18-11/h1-5H. The summed E-state index contributed by atoms with van der Waals surface area (Å²) >= 11 is 2.98. The van der Waals surface area contributed by atoms with Crippen molar-refractivity contribution in [2.45, 2.75) is 0 Å². The molecular formula is C11H5BrFNO4. The Morgan fingerprint density at radius 3 is 2.67 bits per heavy atom. The zero-order chi connectivity index (χ0) is 13.3. The van der Waals surface area contributed by atoms with E-state index in [1.807, 2.05) is 0 Å². The van der Waals surface area contributed by atoms with Crippen molar-refractivity contribution < 1.29 is 18.5 Å². The van der Waals surface area contributed by atoms with Crippen molar-refractivity contribution in [3.8, 4) is 11.3 Å². The Bertz CT molecular complexity index is 638. The Labute approximate surface area is 108 Å². The fourth-order valence-electron chi connectivity index (χ4n) is 1.43. The SMILES string of the molecule is O=Cc1ccc(-c2cc(Br)c([N+](=O)[O-])cc2F)o1. The van der Waals surface area contributed by atoms with E-state index in [1.165, 1.54) is 18.2 Å². The highest BCUT2D eigenvalue weighted by Gasteiger charge is 2.19. The number of halogens is 2. The number of aldehydes is 1. The molecule has 0 amide bonds. The molecule has 5 nitrogen and oxygen atoms in total. The second kappa shape index (κ2) is 4.69. The Kier molecular flexibility index (Phi) is 3.24. The van der Waals surface area contributed by atoms with Crippen LogP contribution in [-0.4, -0.2) is 11.2 Å². The Balaban J connectivity index is 2.55. The lowest BCUT2D eigenvalue weighted by molar-refractivity contribution is -0.385. The molecule has 0 bridgehead atoms. The van der Waals surface area contributed by atoms with E-state index < -0.39 is 10.7 Å². The largest absolute Gasteiger partial charge is 0.453 e. The molecule has 1 heterocycles. The molecule has 92 valence electrons. The van der Waals surface area contributed by atoms with Gasteiger partial charge < -0.3 is 4.42 Å². The number of carbonyl (C=O) groups excluding carboxylic acids is 1. The van der Waals surface area contributed by atoms with Crippen molar-refractivity contribution in [1.29, 1.82) is 0 Å². The number of nitro benzene ring substituents is 1. The molecular weight excluding hydrogens is 309 g/mol. The van der Waals surface area contributed by atoms with Crippen molar-refractivity contribution in [1.82, 2.24) is 0 Å². The van der Waals surface area contributed by atoms with Gasteiger partial charge in [0.15, 0.2) is 12.0 Å². The Hall–Kier alpha value is -2.02. The van der Waals surface area contributed by atoms with Crippen LogP contribution >= 0.6 is 15.9 Å². The minimum atomic E-state index is -0.795. The van der Waals surface area contributed by atoms with E-state index in [1.54, 1.807) is 0 Å². The molecule has 7 heteroatoms. The predicted octanol–water partition coefficient (Wildman–Crippen LogP) is 3.57. The smallest absolute Gasteiger partial charge is 0.286 e. The van der Waals surface area contributed by atoms with E-state index in [4.69, 9.17) is 4.42 Å². The third kappa shape index (κ3) is 2.17. The summed E-state index contributed by atoms with van der Waals surface area (Å²) in [5, 5.41) is 10.6. The van der Waals surface area contributed by atoms with Crippen molar-refractivity contribution in [3.05, 3.63) is 50.4 Å². The summed E-state index contributed by atoms with van der Waals surface area (Å²) in [5.41, 5.74) is -0.334. The van der Waals surface area contributed by atoms with Gasteiger partial charge in [0.25, 0.3) is 5.69 Å². The van der Waals surface area contributed by atoms with Gasteiger partial charge in [-0.1, -0.05) is 0 Å². The van der Waals surface area contributed by atoms with E-state index in [0.717, 1.165) is 6.07 Å². The lowest BCUT2D eigenvalue weighted by atomic mass is 10.1. The topological polar surface area (TPSA) is 73.3 Å². The fourth-order valence-corrected chi connectivity index (χ4v) is 1.91. The average molecular weight is 314 g/mol. The third-order valence-electron chi connectivity index (χ3n) is 2.24. The van der Waals surface area contributed by atoms with Crippen LogP contribution in [0.4, 0.5) is 10.1 Å². The van der Waals surface area contributed by atoms with Gasteiger partial charge in [-0.15, -0.1) is 0 Å². The number of hydrogen-bond acceptors (Lipinski definition) is 4. The van der Waals surface area contributed by atoms with Crippen LogP contribution in [-0.2, 0) is 0 Å². The van der Waals surface area contributed by atoms with Gasteiger partial charge in [0.05, 0.1) is 21.0 Å². The van der Waals surface area contributed by atoms with Crippen LogP contribution in [0, 0.1) is 15.9 Å². The summed E-state index contributed by atoms with van der Waals surface area (Å²) in [4.78, 5) is 20.4. The monoisotopic (exact) mass is 313 g/mol. The van der Waals surface area contributed by atoms with Crippen LogP contribution in [0.3, 0.4) is 0 Å². The van der Waals surface area contributed by atoms with Crippen molar-refractivity contribution >= 4 is 27.9 Å². The van der Waals surface area contributed by atoms with Gasteiger partial charge in [-0.25, -0.2) is 4.39 Å². The molecule has 18 heavy (non-hydrogen) atoms. The first-order chi connectivity index (χ1) is 8.52. The molecule has 2 aromatic rings. The lowest BCUT2D eigenvalue weighted by Gasteiger charge is -2.01. The van der Waals surface area contributed by atoms with Gasteiger partial charge in [-0.3, -0.25) is 14.9 Å². The molecule has 0 atom stereocenters. The maximum atomic E-state index is 13.7. The summed E-state index contributed by atoms with van der Waals surface area (Å²) < 4.78 is 18.9. The maximum absolute atomic E-state index is 13.7. The predicted molar refractivity (Wildman–Crippen MR) is 63.8 cm³/mol. The summed E-state index contributed by atoms with van der Waals surface area (Å²) in [7, 11) is 0. The molecule has 0 radical (unpaired) electrons. The van der Waals surface area contributed by atoms with Crippen LogP contribution in [0.2, 0.25) is 0 Å². The highest BCUT2D eigenvalue weighted by Crippen LogP contribution is 2.33. The normalized spacial score (nSPS) is 10.3. The van der Waals surface area contributed by atoms with Crippen molar-refractivity contribution in [2.24, 2.45) is 0 Å². The molecule has 1 aromatic heterocycles. The van der Waals surface area contributed by atoms with Gasteiger partial charge in [0.2, 0.25) is 0 Å². The summed E-state index contributed by atoms with van der Waals surface area (Å²) in [6, 6.07) is 4.83. The molecule has 0 aliphatic heterocycles. The molecule has 0 N–H and O–H groups in total. The van der Waals surface area contributed by atoms with Crippen LogP contribution in [0.15, 0.2) is 33.2 Å². The molecule has 0 aliphatic rings. The first kappa shape index (κ1) is 12.4. The van der Waals surface area contributed by atoms with Crippen LogP contribution in [0.25, 0.3) is 11.3 Å². The number of furan rings is 1. The molecule has 0 spiro atoms. The maximum Gasteiger partial charge on any atom is 0.286 e. The Morgan fingerprint density at radius 2 is 2.11 bits per heavy atom. The minimum absolute atomic E-state index is 0.0422. The fraction of sp³-hybridized carbons (Fsp3) is 0. The quantitative estimate of drug-likeness (QED) is 0.493. The van der Waals surface area contributed by atoms with Gasteiger partial charge in [-0.2, -0.15) is 0 Å². The van der Waals surface area contributed by atoms with E-state index in [9.17, 15) is 19.3 Å². The summed E-state index contributed by atoms with van der Waals surface area (Å²) in [5.74, 6) is -0.610. The van der Waals surface area contributed by atoms with Gasteiger partial charge in [-0.05, 0) is 34.1 Å². The lowest BCUT2D eigenvalue weighted by Crippen LogP contribution is -1.92. The number of benzene rings is 1. The van der Waals surface area contributed by atoms with Crippen LogP contribution < -0.4 is 0 Å². The van der Waals surface area contributed by atoms with Gasteiger partial charge in [0, 0.05) is 0 Å². The van der Waals surface area contributed by atoms with Crippen LogP contribution in [0.5, 0.6) is 0 Å².